The van der Waals surface area contributed by atoms with Gasteiger partial charge in [0.05, 0.1) is 4.90 Å². The lowest BCUT2D eigenvalue weighted by molar-refractivity contribution is 0.581. The maximum atomic E-state index is 11.9. The van der Waals surface area contributed by atoms with Gasteiger partial charge in [0.25, 0.3) is 0 Å². The molecule has 2 rings (SSSR count). The fourth-order valence-corrected chi connectivity index (χ4v) is 2.47. The topological polar surface area (TPSA) is 62.0 Å². The predicted molar refractivity (Wildman–Crippen MR) is 66.0 cm³/mol. The van der Waals surface area contributed by atoms with Crippen molar-refractivity contribution in [1.82, 2.24) is 9.71 Å². The number of nitrogens with one attached hydrogen (secondary N) is 2. The van der Waals surface area contributed by atoms with Gasteiger partial charge in [-0.2, -0.15) is 0 Å². The van der Waals surface area contributed by atoms with Crippen LogP contribution in [0.2, 0.25) is 0 Å². The largest absolute Gasteiger partial charge is 0.367 e. The molecule has 0 aliphatic carbocycles. The first-order valence-electron chi connectivity index (χ1n) is 5.26. The zero-order valence-corrected chi connectivity index (χ0v) is 10.3. The van der Waals surface area contributed by atoms with Crippen LogP contribution < -0.4 is 4.72 Å². The second-order valence-electron chi connectivity index (χ2n) is 3.86. The summed E-state index contributed by atoms with van der Waals surface area (Å²) >= 11 is 0. The number of hydrogen-bond acceptors (Lipinski definition) is 2. The fourth-order valence-electron chi connectivity index (χ4n) is 1.45. The van der Waals surface area contributed by atoms with Crippen LogP contribution in [0, 0.1) is 6.92 Å². The van der Waals surface area contributed by atoms with Crippen molar-refractivity contribution in [1.29, 1.82) is 0 Å². The molecule has 0 radical (unpaired) electrons. The second-order valence-corrected chi connectivity index (χ2v) is 5.62. The molecule has 2 aromatic rings. The molecule has 0 saturated carbocycles. The average Bonchev–Trinajstić information content (AvgIpc) is 2.80. The summed E-state index contributed by atoms with van der Waals surface area (Å²) in [6.45, 7) is 2.21. The van der Waals surface area contributed by atoms with E-state index in [1.54, 1.807) is 36.7 Å². The minimum Gasteiger partial charge on any atom is -0.367 e. The van der Waals surface area contributed by atoms with E-state index in [-0.39, 0.29) is 0 Å². The number of aromatic amines is 1. The Balaban J connectivity index is 2.11. The van der Waals surface area contributed by atoms with Crippen LogP contribution in [0.15, 0.2) is 47.6 Å². The van der Waals surface area contributed by atoms with Crippen molar-refractivity contribution in [2.45, 2.75) is 18.4 Å². The molecule has 90 valence electrons. The van der Waals surface area contributed by atoms with Crippen LogP contribution in [0.4, 0.5) is 0 Å². The van der Waals surface area contributed by atoms with E-state index in [2.05, 4.69) is 9.71 Å². The van der Waals surface area contributed by atoms with Gasteiger partial charge in [-0.05, 0) is 30.7 Å². The van der Waals surface area contributed by atoms with Crippen LogP contribution in [-0.2, 0) is 16.6 Å². The van der Waals surface area contributed by atoms with E-state index in [9.17, 15) is 8.42 Å². The van der Waals surface area contributed by atoms with Gasteiger partial charge in [0.15, 0.2) is 0 Å². The monoisotopic (exact) mass is 250 g/mol. The number of hydrogen-bond donors (Lipinski definition) is 2. The summed E-state index contributed by atoms with van der Waals surface area (Å²) in [5.74, 6) is 0. The molecular formula is C12H14N2O2S. The van der Waals surface area contributed by atoms with E-state index in [4.69, 9.17) is 0 Å². The molecule has 5 heteroatoms. The summed E-state index contributed by atoms with van der Waals surface area (Å²) in [5, 5.41) is 0. The third-order valence-corrected chi connectivity index (χ3v) is 3.88. The number of benzene rings is 1. The van der Waals surface area contributed by atoms with Crippen LogP contribution in [0.3, 0.4) is 0 Å². The first kappa shape index (κ1) is 11.9. The average molecular weight is 250 g/mol. The van der Waals surface area contributed by atoms with E-state index in [0.717, 1.165) is 11.1 Å². The van der Waals surface area contributed by atoms with Gasteiger partial charge < -0.3 is 4.98 Å². The SMILES string of the molecule is Cc1ccc(S(=O)(=O)NCc2cc[nH]c2)cc1. The number of sulfonamides is 1. The number of aryl methyl sites for hydroxylation is 1. The number of aromatic nitrogens is 1. The Morgan fingerprint density at radius 3 is 2.47 bits per heavy atom. The van der Waals surface area contributed by atoms with Gasteiger partial charge in [0.1, 0.15) is 0 Å². The van der Waals surface area contributed by atoms with Gasteiger partial charge in [0, 0.05) is 18.9 Å². The van der Waals surface area contributed by atoms with Crippen LogP contribution >= 0.6 is 0 Å². The molecule has 1 aromatic heterocycles. The van der Waals surface area contributed by atoms with Gasteiger partial charge in [0.2, 0.25) is 10.0 Å². The molecule has 0 aliphatic heterocycles. The molecule has 0 atom stereocenters. The Hall–Kier alpha value is -1.59. The highest BCUT2D eigenvalue weighted by Crippen LogP contribution is 2.10. The summed E-state index contributed by atoms with van der Waals surface area (Å²) in [6.07, 6.45) is 3.52. The van der Waals surface area contributed by atoms with Gasteiger partial charge in [-0.25, -0.2) is 13.1 Å². The molecule has 0 saturated heterocycles. The lowest BCUT2D eigenvalue weighted by atomic mass is 10.2. The first-order chi connectivity index (χ1) is 8.08. The van der Waals surface area contributed by atoms with Crippen molar-refractivity contribution >= 4 is 10.0 Å². The zero-order valence-electron chi connectivity index (χ0n) is 9.47. The van der Waals surface area contributed by atoms with E-state index in [0.29, 0.717) is 11.4 Å². The molecule has 4 nitrogen and oxygen atoms in total. The number of H-pyrrole nitrogens is 1. The lowest BCUT2D eigenvalue weighted by Crippen LogP contribution is -2.22. The van der Waals surface area contributed by atoms with Gasteiger partial charge in [-0.3, -0.25) is 0 Å². The molecule has 0 spiro atoms. The Labute approximate surface area is 101 Å². The predicted octanol–water partition coefficient (Wildman–Crippen LogP) is 1.80. The lowest BCUT2D eigenvalue weighted by Gasteiger charge is -2.05. The van der Waals surface area contributed by atoms with Crippen LogP contribution in [0.1, 0.15) is 11.1 Å². The molecule has 0 bridgehead atoms. The second kappa shape index (κ2) is 4.73. The van der Waals surface area contributed by atoms with Crippen LogP contribution in [0.5, 0.6) is 0 Å². The van der Waals surface area contributed by atoms with Gasteiger partial charge in [-0.1, -0.05) is 17.7 Å². The quantitative estimate of drug-likeness (QED) is 0.869. The molecule has 17 heavy (non-hydrogen) atoms. The summed E-state index contributed by atoms with van der Waals surface area (Å²) in [6, 6.07) is 8.61. The van der Waals surface area contributed by atoms with Crippen molar-refractivity contribution in [3.63, 3.8) is 0 Å². The normalized spacial score (nSPS) is 11.6. The van der Waals surface area contributed by atoms with Gasteiger partial charge in [-0.15, -0.1) is 0 Å². The first-order valence-corrected chi connectivity index (χ1v) is 6.74. The maximum Gasteiger partial charge on any atom is 0.240 e. The van der Waals surface area contributed by atoms with Crippen molar-refractivity contribution in [2.75, 3.05) is 0 Å². The summed E-state index contributed by atoms with van der Waals surface area (Å²) in [5.41, 5.74) is 1.94. The van der Waals surface area contributed by atoms with Crippen LogP contribution in [0.25, 0.3) is 0 Å². The Bertz CT molecular complexity index is 571. The van der Waals surface area contributed by atoms with E-state index < -0.39 is 10.0 Å². The number of rotatable bonds is 4. The minimum atomic E-state index is -3.42. The van der Waals surface area contributed by atoms with Crippen molar-refractivity contribution in [3.8, 4) is 0 Å². The molecule has 1 heterocycles. The maximum absolute atomic E-state index is 11.9. The van der Waals surface area contributed by atoms with E-state index >= 15 is 0 Å². The highest BCUT2D eigenvalue weighted by molar-refractivity contribution is 7.89. The van der Waals surface area contributed by atoms with E-state index in [1.807, 2.05) is 13.0 Å². The summed E-state index contributed by atoms with van der Waals surface area (Å²) in [4.78, 5) is 3.17. The van der Waals surface area contributed by atoms with Gasteiger partial charge >= 0.3 is 0 Å². The minimum absolute atomic E-state index is 0.290. The van der Waals surface area contributed by atoms with Crippen LogP contribution in [-0.4, -0.2) is 13.4 Å². The van der Waals surface area contributed by atoms with Crippen molar-refractivity contribution in [3.05, 3.63) is 53.9 Å². The smallest absolute Gasteiger partial charge is 0.240 e. The Morgan fingerprint density at radius 2 is 1.88 bits per heavy atom. The highest BCUT2D eigenvalue weighted by Gasteiger charge is 2.12. The molecule has 0 fully saturated rings. The summed E-state index contributed by atoms with van der Waals surface area (Å²) < 4.78 is 26.4. The summed E-state index contributed by atoms with van der Waals surface area (Å²) in [7, 11) is -3.42. The Kier molecular flexibility index (Phi) is 3.31. The standard InChI is InChI=1S/C12H14N2O2S/c1-10-2-4-12(5-3-10)17(15,16)14-9-11-6-7-13-8-11/h2-8,13-14H,9H2,1H3. The Morgan fingerprint density at radius 1 is 1.18 bits per heavy atom. The molecular weight excluding hydrogens is 236 g/mol. The highest BCUT2D eigenvalue weighted by atomic mass is 32.2. The molecule has 2 N–H and O–H groups in total. The van der Waals surface area contributed by atoms with Crippen molar-refractivity contribution in [2.24, 2.45) is 0 Å². The van der Waals surface area contributed by atoms with E-state index in [1.165, 1.54) is 0 Å². The molecule has 0 aliphatic rings. The van der Waals surface area contributed by atoms with Crippen molar-refractivity contribution < 1.29 is 8.42 Å². The molecule has 0 unspecified atom stereocenters. The molecule has 1 aromatic carbocycles. The fraction of sp³-hybridized carbons (Fsp3) is 0.167. The molecule has 0 amide bonds. The third kappa shape index (κ3) is 2.95. The third-order valence-electron chi connectivity index (χ3n) is 2.46. The zero-order chi connectivity index (χ0) is 12.3.